The lowest BCUT2D eigenvalue weighted by Crippen LogP contribution is -2.24. The fourth-order valence-corrected chi connectivity index (χ4v) is 3.71. The lowest BCUT2D eigenvalue weighted by molar-refractivity contribution is 0.0996. The second-order valence-corrected chi connectivity index (χ2v) is 7.54. The Balaban J connectivity index is 1.48. The largest absolute Gasteiger partial charge is 0.310 e. The van der Waals surface area contributed by atoms with E-state index >= 15 is 0 Å². The predicted octanol–water partition coefficient (Wildman–Crippen LogP) is 4.14. The van der Waals surface area contributed by atoms with E-state index in [0.29, 0.717) is 29.4 Å². The molecule has 1 aromatic carbocycles. The second kappa shape index (κ2) is 7.18. The van der Waals surface area contributed by atoms with Crippen molar-refractivity contribution in [2.45, 2.75) is 26.4 Å². The third kappa shape index (κ3) is 3.04. The summed E-state index contributed by atoms with van der Waals surface area (Å²) in [5, 5.41) is 8.24. The Bertz CT molecular complexity index is 1230. The van der Waals surface area contributed by atoms with E-state index in [1.54, 1.807) is 23.6 Å². The lowest BCUT2D eigenvalue weighted by Gasteiger charge is -2.16. The number of amides is 1. The number of nitrogens with zero attached hydrogens (tertiary/aromatic N) is 6. The quantitative estimate of drug-likeness (QED) is 0.518. The zero-order valence-electron chi connectivity index (χ0n) is 16.7. The molecule has 0 saturated heterocycles. The van der Waals surface area contributed by atoms with Gasteiger partial charge in [0.2, 0.25) is 0 Å². The van der Waals surface area contributed by atoms with Crippen LogP contribution in [-0.4, -0.2) is 30.6 Å². The molecule has 1 aliphatic rings. The van der Waals surface area contributed by atoms with E-state index in [-0.39, 0.29) is 11.9 Å². The molecule has 5 rings (SSSR count). The first-order chi connectivity index (χ1) is 14.6. The average Bonchev–Trinajstić information content (AvgIpc) is 3.40. The van der Waals surface area contributed by atoms with Crippen molar-refractivity contribution in [1.82, 2.24) is 24.7 Å². The first kappa shape index (κ1) is 18.2. The van der Waals surface area contributed by atoms with E-state index in [1.807, 2.05) is 53.1 Å². The van der Waals surface area contributed by atoms with Crippen LogP contribution in [0.3, 0.4) is 0 Å². The van der Waals surface area contributed by atoms with Gasteiger partial charge in [-0.3, -0.25) is 14.7 Å². The molecule has 0 radical (unpaired) electrons. The normalized spacial score (nSPS) is 13.2. The Labute approximate surface area is 174 Å². The molecule has 0 fully saturated rings. The summed E-state index contributed by atoms with van der Waals surface area (Å²) < 4.78 is 1.97. The topological polar surface area (TPSA) is 76.8 Å². The van der Waals surface area contributed by atoms with E-state index < -0.39 is 0 Å². The van der Waals surface area contributed by atoms with Crippen LogP contribution in [0.1, 0.15) is 35.8 Å². The van der Waals surface area contributed by atoms with Gasteiger partial charge in [0.05, 0.1) is 6.54 Å². The number of carbonyl (C=O) groups excluding carboxylic acids is 1. The van der Waals surface area contributed by atoms with Crippen molar-refractivity contribution in [2.24, 2.45) is 0 Å². The monoisotopic (exact) mass is 396 g/mol. The summed E-state index contributed by atoms with van der Waals surface area (Å²) in [6, 6.07) is 15.7. The van der Waals surface area contributed by atoms with Gasteiger partial charge in [-0.1, -0.05) is 18.2 Å². The fourth-order valence-electron chi connectivity index (χ4n) is 3.71. The minimum absolute atomic E-state index is 0.0455. The van der Waals surface area contributed by atoms with E-state index in [1.165, 1.54) is 0 Å². The fraction of sp³-hybridized carbons (Fsp3) is 0.174. The predicted molar refractivity (Wildman–Crippen MR) is 114 cm³/mol. The van der Waals surface area contributed by atoms with E-state index in [0.717, 1.165) is 16.7 Å². The molecule has 4 heterocycles. The summed E-state index contributed by atoms with van der Waals surface area (Å²) >= 11 is 0. The van der Waals surface area contributed by atoms with Crippen LogP contribution in [0.2, 0.25) is 0 Å². The van der Waals surface area contributed by atoms with Gasteiger partial charge >= 0.3 is 0 Å². The zero-order chi connectivity index (χ0) is 20.7. The summed E-state index contributed by atoms with van der Waals surface area (Å²) in [7, 11) is 0. The standard InChI is InChI=1S/C23H20N6O/c1-15(2)29-14-25-27-22(29)20-4-3-5-21(26-20)28-13-18-7-6-17(12-19(18)23(28)30)16-8-10-24-11-9-16/h3-12,14-15H,13H2,1-2H3. The minimum Gasteiger partial charge on any atom is -0.310 e. The molecule has 0 atom stereocenters. The van der Waals surface area contributed by atoms with Crippen molar-refractivity contribution < 1.29 is 4.79 Å². The van der Waals surface area contributed by atoms with Crippen LogP contribution in [0.5, 0.6) is 0 Å². The molecule has 7 heteroatoms. The summed E-state index contributed by atoms with van der Waals surface area (Å²) in [6.07, 6.45) is 5.20. The number of aromatic nitrogens is 5. The lowest BCUT2D eigenvalue weighted by atomic mass is 10.0. The summed E-state index contributed by atoms with van der Waals surface area (Å²) in [4.78, 5) is 23.7. The highest BCUT2D eigenvalue weighted by Gasteiger charge is 2.30. The molecule has 0 N–H and O–H groups in total. The van der Waals surface area contributed by atoms with Crippen LogP contribution in [-0.2, 0) is 6.54 Å². The SMILES string of the molecule is CC(C)n1cnnc1-c1cccc(N2Cc3ccc(-c4ccncc4)cc3C2=O)n1. The van der Waals surface area contributed by atoms with Gasteiger partial charge in [-0.15, -0.1) is 10.2 Å². The van der Waals surface area contributed by atoms with Crippen molar-refractivity contribution >= 4 is 11.7 Å². The van der Waals surface area contributed by atoms with Gasteiger partial charge in [0.1, 0.15) is 17.8 Å². The van der Waals surface area contributed by atoms with E-state index in [4.69, 9.17) is 4.98 Å². The van der Waals surface area contributed by atoms with Crippen molar-refractivity contribution in [2.75, 3.05) is 4.90 Å². The van der Waals surface area contributed by atoms with Crippen molar-refractivity contribution in [3.63, 3.8) is 0 Å². The Morgan fingerprint density at radius 3 is 2.63 bits per heavy atom. The number of rotatable bonds is 4. The second-order valence-electron chi connectivity index (χ2n) is 7.54. The molecular formula is C23H20N6O. The van der Waals surface area contributed by atoms with Crippen molar-refractivity contribution in [3.05, 3.63) is 78.4 Å². The molecule has 148 valence electrons. The molecule has 4 aromatic rings. The van der Waals surface area contributed by atoms with Gasteiger partial charge < -0.3 is 4.57 Å². The van der Waals surface area contributed by atoms with Gasteiger partial charge in [0.15, 0.2) is 5.82 Å². The molecule has 0 bridgehead atoms. The molecular weight excluding hydrogens is 376 g/mol. The molecule has 1 amide bonds. The molecule has 3 aromatic heterocycles. The Hall–Kier alpha value is -3.87. The molecule has 0 unspecified atom stereocenters. The van der Waals surface area contributed by atoms with E-state index in [9.17, 15) is 4.79 Å². The van der Waals surface area contributed by atoms with Gasteiger partial charge in [0, 0.05) is 24.0 Å². The first-order valence-corrected chi connectivity index (χ1v) is 9.84. The zero-order valence-corrected chi connectivity index (χ0v) is 16.7. The Morgan fingerprint density at radius 1 is 1.00 bits per heavy atom. The maximum atomic E-state index is 13.2. The minimum atomic E-state index is -0.0455. The molecule has 7 nitrogen and oxygen atoms in total. The highest BCUT2D eigenvalue weighted by Crippen LogP contribution is 2.31. The van der Waals surface area contributed by atoms with Crippen LogP contribution in [0.4, 0.5) is 5.82 Å². The first-order valence-electron chi connectivity index (χ1n) is 9.84. The maximum Gasteiger partial charge on any atom is 0.260 e. The molecule has 0 saturated carbocycles. The third-order valence-corrected chi connectivity index (χ3v) is 5.30. The van der Waals surface area contributed by atoms with Crippen LogP contribution < -0.4 is 4.90 Å². The summed E-state index contributed by atoms with van der Waals surface area (Å²) in [5.41, 5.74) is 4.43. The van der Waals surface area contributed by atoms with Gasteiger partial charge in [-0.25, -0.2) is 4.98 Å². The van der Waals surface area contributed by atoms with Crippen LogP contribution in [0, 0.1) is 0 Å². The highest BCUT2D eigenvalue weighted by molar-refractivity contribution is 6.10. The number of hydrogen-bond donors (Lipinski definition) is 0. The average molecular weight is 396 g/mol. The molecule has 1 aliphatic heterocycles. The highest BCUT2D eigenvalue weighted by atomic mass is 16.2. The Kier molecular flexibility index (Phi) is 4.35. The molecule has 30 heavy (non-hydrogen) atoms. The maximum absolute atomic E-state index is 13.2. The third-order valence-electron chi connectivity index (χ3n) is 5.30. The number of anilines is 1. The summed E-state index contributed by atoms with van der Waals surface area (Å²) in [5.74, 6) is 1.25. The number of benzene rings is 1. The van der Waals surface area contributed by atoms with Gasteiger partial charge in [-0.05, 0) is 60.9 Å². The van der Waals surface area contributed by atoms with Gasteiger partial charge in [0.25, 0.3) is 5.91 Å². The van der Waals surface area contributed by atoms with Crippen molar-refractivity contribution in [1.29, 1.82) is 0 Å². The number of hydrogen-bond acceptors (Lipinski definition) is 5. The summed E-state index contributed by atoms with van der Waals surface area (Å²) in [6.45, 7) is 4.63. The Morgan fingerprint density at radius 2 is 1.83 bits per heavy atom. The number of pyridine rings is 2. The van der Waals surface area contributed by atoms with Crippen LogP contribution in [0.25, 0.3) is 22.6 Å². The molecule has 0 aliphatic carbocycles. The van der Waals surface area contributed by atoms with Crippen molar-refractivity contribution in [3.8, 4) is 22.6 Å². The smallest absolute Gasteiger partial charge is 0.260 e. The molecule has 0 spiro atoms. The number of fused-ring (bicyclic) bond motifs is 1. The van der Waals surface area contributed by atoms with Crippen LogP contribution in [0.15, 0.2) is 67.3 Å². The van der Waals surface area contributed by atoms with Gasteiger partial charge in [-0.2, -0.15) is 0 Å². The van der Waals surface area contributed by atoms with Crippen LogP contribution >= 0.6 is 0 Å². The van der Waals surface area contributed by atoms with E-state index in [2.05, 4.69) is 29.0 Å². The number of carbonyl (C=O) groups is 1.